The first kappa shape index (κ1) is 13.7. The zero-order chi connectivity index (χ0) is 14.7. The highest BCUT2D eigenvalue weighted by Gasteiger charge is 2.16. The van der Waals surface area contributed by atoms with Crippen molar-refractivity contribution in [2.45, 2.75) is 18.8 Å². The van der Waals surface area contributed by atoms with E-state index in [-0.39, 0.29) is 5.56 Å². The van der Waals surface area contributed by atoms with Gasteiger partial charge in [0.2, 0.25) is 0 Å². The van der Waals surface area contributed by atoms with Crippen molar-refractivity contribution in [1.82, 2.24) is 15.3 Å². The van der Waals surface area contributed by atoms with Crippen LogP contribution in [0.2, 0.25) is 0 Å². The summed E-state index contributed by atoms with van der Waals surface area (Å²) >= 11 is 0. The third kappa shape index (κ3) is 3.08. The van der Waals surface area contributed by atoms with Gasteiger partial charge < -0.3 is 10.4 Å². The van der Waals surface area contributed by atoms with Crippen LogP contribution in [0.3, 0.4) is 0 Å². The molecular formula is C16H17N3O2. The topological polar surface area (TPSA) is 75.1 Å². The number of carbonyl (C=O) groups is 1. The lowest BCUT2D eigenvalue weighted by molar-refractivity contribution is 0.0697. The van der Waals surface area contributed by atoms with E-state index >= 15 is 0 Å². The molecule has 2 heterocycles. The van der Waals surface area contributed by atoms with E-state index in [9.17, 15) is 4.79 Å². The Morgan fingerprint density at radius 2 is 2.00 bits per heavy atom. The molecule has 0 spiro atoms. The lowest BCUT2D eigenvalue weighted by Crippen LogP contribution is -2.28. The van der Waals surface area contributed by atoms with Crippen LogP contribution in [-0.4, -0.2) is 34.1 Å². The molecule has 21 heavy (non-hydrogen) atoms. The zero-order valence-electron chi connectivity index (χ0n) is 11.6. The number of carboxylic acid groups (broad SMARTS) is 1. The molecule has 1 atom stereocenters. The molecule has 0 amide bonds. The smallest absolute Gasteiger partial charge is 0.335 e. The second-order valence-corrected chi connectivity index (χ2v) is 5.25. The van der Waals surface area contributed by atoms with Gasteiger partial charge in [0.05, 0.1) is 23.1 Å². The summed E-state index contributed by atoms with van der Waals surface area (Å²) in [4.78, 5) is 19.8. The Bertz CT molecular complexity index is 617. The van der Waals surface area contributed by atoms with Gasteiger partial charge in [0, 0.05) is 24.2 Å². The molecule has 1 aliphatic heterocycles. The molecular weight excluding hydrogens is 266 g/mol. The van der Waals surface area contributed by atoms with Gasteiger partial charge in [-0.2, -0.15) is 0 Å². The zero-order valence-corrected chi connectivity index (χ0v) is 11.6. The first-order valence-corrected chi connectivity index (χ1v) is 7.10. The van der Waals surface area contributed by atoms with Crippen LogP contribution < -0.4 is 5.32 Å². The van der Waals surface area contributed by atoms with E-state index in [0.29, 0.717) is 5.92 Å². The van der Waals surface area contributed by atoms with E-state index in [1.54, 1.807) is 30.5 Å². The van der Waals surface area contributed by atoms with Gasteiger partial charge in [0.1, 0.15) is 0 Å². The molecule has 2 aromatic rings. The number of piperidine rings is 1. The highest BCUT2D eigenvalue weighted by molar-refractivity contribution is 5.88. The summed E-state index contributed by atoms with van der Waals surface area (Å²) < 4.78 is 0. The summed E-state index contributed by atoms with van der Waals surface area (Å²) in [5, 5.41) is 12.3. The molecule has 108 valence electrons. The summed E-state index contributed by atoms with van der Waals surface area (Å²) in [5.41, 5.74) is 2.94. The molecule has 1 saturated heterocycles. The van der Waals surface area contributed by atoms with Crippen LogP contribution in [0, 0.1) is 0 Å². The van der Waals surface area contributed by atoms with E-state index in [4.69, 9.17) is 5.11 Å². The third-order valence-corrected chi connectivity index (χ3v) is 3.81. The Hall–Kier alpha value is -2.27. The van der Waals surface area contributed by atoms with Gasteiger partial charge in [-0.3, -0.25) is 9.97 Å². The number of nitrogens with zero attached hydrogens (tertiary/aromatic N) is 2. The highest BCUT2D eigenvalue weighted by Crippen LogP contribution is 2.22. The van der Waals surface area contributed by atoms with Crippen LogP contribution in [0.4, 0.5) is 0 Å². The normalized spacial score (nSPS) is 18.4. The maximum Gasteiger partial charge on any atom is 0.335 e. The fourth-order valence-electron chi connectivity index (χ4n) is 2.59. The lowest BCUT2D eigenvalue weighted by atomic mass is 9.96. The molecule has 1 aliphatic rings. The Kier molecular flexibility index (Phi) is 3.92. The van der Waals surface area contributed by atoms with Crippen LogP contribution in [0.15, 0.2) is 36.7 Å². The van der Waals surface area contributed by atoms with E-state index in [1.165, 1.54) is 6.42 Å². The summed E-state index contributed by atoms with van der Waals surface area (Å²) in [7, 11) is 0. The van der Waals surface area contributed by atoms with Crippen LogP contribution in [-0.2, 0) is 0 Å². The quantitative estimate of drug-likeness (QED) is 0.904. The number of aromatic nitrogens is 2. The average molecular weight is 283 g/mol. The molecule has 1 aromatic heterocycles. The van der Waals surface area contributed by atoms with Crippen LogP contribution in [0.1, 0.15) is 34.8 Å². The Morgan fingerprint density at radius 1 is 1.19 bits per heavy atom. The number of rotatable bonds is 3. The Morgan fingerprint density at radius 3 is 2.57 bits per heavy atom. The second-order valence-electron chi connectivity index (χ2n) is 5.25. The highest BCUT2D eigenvalue weighted by atomic mass is 16.4. The van der Waals surface area contributed by atoms with Gasteiger partial charge in [-0.25, -0.2) is 4.79 Å². The summed E-state index contributed by atoms with van der Waals surface area (Å²) in [6.45, 7) is 2.04. The van der Waals surface area contributed by atoms with Gasteiger partial charge in [-0.1, -0.05) is 12.1 Å². The number of hydrogen-bond donors (Lipinski definition) is 2. The Labute approximate surface area is 123 Å². The van der Waals surface area contributed by atoms with E-state index in [1.807, 2.05) is 6.20 Å². The van der Waals surface area contributed by atoms with Crippen molar-refractivity contribution >= 4 is 5.97 Å². The van der Waals surface area contributed by atoms with Gasteiger partial charge in [-0.15, -0.1) is 0 Å². The van der Waals surface area contributed by atoms with E-state index in [0.717, 1.165) is 36.5 Å². The van der Waals surface area contributed by atoms with E-state index < -0.39 is 5.97 Å². The minimum absolute atomic E-state index is 0.275. The van der Waals surface area contributed by atoms with Crippen LogP contribution in [0.5, 0.6) is 0 Å². The molecule has 0 saturated carbocycles. The predicted molar refractivity (Wildman–Crippen MR) is 79.3 cm³/mol. The third-order valence-electron chi connectivity index (χ3n) is 3.81. The second kappa shape index (κ2) is 6.01. The molecule has 5 heteroatoms. The Balaban J connectivity index is 1.78. The molecule has 0 unspecified atom stereocenters. The molecule has 1 fully saturated rings. The SMILES string of the molecule is O=C(O)c1ccc(-c2cnc([C@H]3CCCNC3)cn2)cc1. The van der Waals surface area contributed by atoms with E-state index in [2.05, 4.69) is 15.3 Å². The van der Waals surface area contributed by atoms with Crippen molar-refractivity contribution in [2.75, 3.05) is 13.1 Å². The summed E-state index contributed by atoms with van der Waals surface area (Å²) in [6, 6.07) is 6.68. The summed E-state index contributed by atoms with van der Waals surface area (Å²) in [6.07, 6.45) is 5.91. The number of hydrogen-bond acceptors (Lipinski definition) is 4. The predicted octanol–water partition coefficient (Wildman–Crippen LogP) is 2.31. The number of nitrogens with one attached hydrogen (secondary N) is 1. The number of aromatic carboxylic acids is 1. The maximum absolute atomic E-state index is 10.8. The van der Waals surface area contributed by atoms with Gasteiger partial charge in [0.25, 0.3) is 0 Å². The number of carboxylic acids is 1. The van der Waals surface area contributed by atoms with Crippen molar-refractivity contribution in [3.05, 3.63) is 47.9 Å². The van der Waals surface area contributed by atoms with Gasteiger partial charge in [0.15, 0.2) is 0 Å². The molecule has 0 aliphatic carbocycles. The van der Waals surface area contributed by atoms with Crippen molar-refractivity contribution in [3.8, 4) is 11.3 Å². The molecule has 0 radical (unpaired) electrons. The van der Waals surface area contributed by atoms with Gasteiger partial charge >= 0.3 is 5.97 Å². The molecule has 5 nitrogen and oxygen atoms in total. The number of benzene rings is 1. The summed E-state index contributed by atoms with van der Waals surface area (Å²) in [5.74, 6) is -0.484. The minimum Gasteiger partial charge on any atom is -0.478 e. The maximum atomic E-state index is 10.8. The first-order chi connectivity index (χ1) is 10.2. The molecule has 1 aromatic carbocycles. The van der Waals surface area contributed by atoms with Crippen LogP contribution in [0.25, 0.3) is 11.3 Å². The fraction of sp³-hybridized carbons (Fsp3) is 0.312. The van der Waals surface area contributed by atoms with Crippen molar-refractivity contribution in [2.24, 2.45) is 0 Å². The van der Waals surface area contributed by atoms with Crippen molar-refractivity contribution in [3.63, 3.8) is 0 Å². The first-order valence-electron chi connectivity index (χ1n) is 7.10. The molecule has 3 rings (SSSR count). The fourth-order valence-corrected chi connectivity index (χ4v) is 2.59. The molecule has 2 N–H and O–H groups in total. The standard InChI is InChI=1S/C16H17N3O2/c20-16(21)12-5-3-11(4-6-12)14-9-19-15(10-18-14)13-2-1-7-17-8-13/h3-6,9-10,13,17H,1-2,7-8H2,(H,20,21)/t13-/m0/s1. The van der Waals surface area contributed by atoms with Crippen molar-refractivity contribution in [1.29, 1.82) is 0 Å². The largest absolute Gasteiger partial charge is 0.478 e. The molecule has 0 bridgehead atoms. The average Bonchev–Trinajstić information content (AvgIpc) is 2.56. The van der Waals surface area contributed by atoms with Crippen molar-refractivity contribution < 1.29 is 9.90 Å². The monoisotopic (exact) mass is 283 g/mol. The van der Waals surface area contributed by atoms with Crippen LogP contribution >= 0.6 is 0 Å². The minimum atomic E-state index is -0.923. The lowest BCUT2D eigenvalue weighted by Gasteiger charge is -2.21. The van der Waals surface area contributed by atoms with Gasteiger partial charge in [-0.05, 0) is 31.5 Å².